The molecule has 0 rings (SSSR count). The van der Waals surface area contributed by atoms with Crippen molar-refractivity contribution in [2.75, 3.05) is 23.0 Å². The Morgan fingerprint density at radius 1 is 0.444 bits per heavy atom. The smallest absolute Gasteiger partial charge is 0.00676 e. The first-order valence-corrected chi connectivity index (χ1v) is 10.4. The van der Waals surface area contributed by atoms with Crippen molar-refractivity contribution in [1.82, 2.24) is 0 Å². The number of rotatable bonds is 15. The number of unbranched alkanes of at least 4 members (excludes halogenated alkanes) is 9. The summed E-state index contributed by atoms with van der Waals surface area (Å²) in [6, 6.07) is 0. The molecule has 0 aliphatic carbocycles. The Hall–Kier alpha value is 0.700. The highest BCUT2D eigenvalue weighted by molar-refractivity contribution is 7.99. The van der Waals surface area contributed by atoms with Crippen LogP contribution in [0.5, 0.6) is 0 Å². The molecule has 0 bridgehead atoms. The van der Waals surface area contributed by atoms with Crippen molar-refractivity contribution < 1.29 is 0 Å². The monoisotopic (exact) mass is 290 g/mol. The number of hydrogen-bond donors (Lipinski definition) is 0. The average Bonchev–Trinajstić information content (AvgIpc) is 2.39. The standard InChI is InChI=1S/C16H34S2/c1-3-17-15-13-11-9-7-5-6-8-10-12-14-16-18-4-2/h3-16H2,1-2H3. The number of hydrogen-bond acceptors (Lipinski definition) is 2. The Labute approximate surface area is 124 Å². The van der Waals surface area contributed by atoms with Crippen molar-refractivity contribution in [2.24, 2.45) is 0 Å². The zero-order valence-corrected chi connectivity index (χ0v) is 14.3. The topological polar surface area (TPSA) is 0 Å². The highest BCUT2D eigenvalue weighted by atomic mass is 32.2. The van der Waals surface area contributed by atoms with E-state index in [0.29, 0.717) is 0 Å². The van der Waals surface area contributed by atoms with E-state index in [0.717, 1.165) is 0 Å². The molecule has 0 radical (unpaired) electrons. The molecule has 0 aliphatic rings. The van der Waals surface area contributed by atoms with E-state index >= 15 is 0 Å². The van der Waals surface area contributed by atoms with Crippen molar-refractivity contribution >= 4 is 23.5 Å². The lowest BCUT2D eigenvalue weighted by Crippen LogP contribution is -1.85. The summed E-state index contributed by atoms with van der Waals surface area (Å²) >= 11 is 4.18. The summed E-state index contributed by atoms with van der Waals surface area (Å²) < 4.78 is 0. The SMILES string of the molecule is CCSCCCCCCCCCCCCSCC. The molecule has 0 aromatic carbocycles. The maximum Gasteiger partial charge on any atom is -0.00676 e. The Morgan fingerprint density at radius 2 is 0.722 bits per heavy atom. The van der Waals surface area contributed by atoms with Gasteiger partial charge in [-0.15, -0.1) is 0 Å². The second-order valence-electron chi connectivity index (χ2n) is 4.93. The maximum absolute atomic E-state index is 2.26. The van der Waals surface area contributed by atoms with E-state index in [2.05, 4.69) is 37.4 Å². The molecule has 0 aromatic rings. The van der Waals surface area contributed by atoms with Crippen molar-refractivity contribution in [3.8, 4) is 0 Å². The number of thioether (sulfide) groups is 2. The first-order chi connectivity index (χ1) is 8.91. The molecule has 0 aliphatic heterocycles. The van der Waals surface area contributed by atoms with Crippen molar-refractivity contribution in [3.63, 3.8) is 0 Å². The van der Waals surface area contributed by atoms with Crippen LogP contribution in [0, 0.1) is 0 Å². The van der Waals surface area contributed by atoms with Crippen LogP contribution in [-0.4, -0.2) is 23.0 Å². The lowest BCUT2D eigenvalue weighted by atomic mass is 10.1. The van der Waals surface area contributed by atoms with Gasteiger partial charge in [0, 0.05) is 0 Å². The molecule has 0 spiro atoms. The third-order valence-corrected chi connectivity index (χ3v) is 5.21. The Morgan fingerprint density at radius 3 is 1.00 bits per heavy atom. The van der Waals surface area contributed by atoms with Gasteiger partial charge in [0.05, 0.1) is 0 Å². The molecule has 0 aromatic heterocycles. The fraction of sp³-hybridized carbons (Fsp3) is 1.00. The van der Waals surface area contributed by atoms with Crippen LogP contribution in [0.2, 0.25) is 0 Å². The van der Waals surface area contributed by atoms with Gasteiger partial charge in [-0.05, 0) is 35.9 Å². The summed E-state index contributed by atoms with van der Waals surface area (Å²) in [6.07, 6.45) is 14.6. The summed E-state index contributed by atoms with van der Waals surface area (Å²) in [5.74, 6) is 5.34. The van der Waals surface area contributed by atoms with Crippen LogP contribution < -0.4 is 0 Å². The third kappa shape index (κ3) is 16.7. The van der Waals surface area contributed by atoms with Gasteiger partial charge in [0.2, 0.25) is 0 Å². The summed E-state index contributed by atoms with van der Waals surface area (Å²) in [7, 11) is 0. The van der Waals surface area contributed by atoms with Crippen LogP contribution in [-0.2, 0) is 0 Å². The van der Waals surface area contributed by atoms with E-state index in [1.165, 1.54) is 87.2 Å². The highest BCUT2D eigenvalue weighted by Crippen LogP contribution is 2.13. The molecule has 0 nitrogen and oxygen atoms in total. The molecule has 2 heteroatoms. The zero-order valence-electron chi connectivity index (χ0n) is 12.7. The van der Waals surface area contributed by atoms with Gasteiger partial charge in [-0.1, -0.05) is 65.2 Å². The van der Waals surface area contributed by atoms with Crippen LogP contribution in [0.25, 0.3) is 0 Å². The highest BCUT2D eigenvalue weighted by Gasteiger charge is 1.93. The predicted octanol–water partition coefficient (Wildman–Crippen LogP) is 6.39. The normalized spacial score (nSPS) is 11.0. The van der Waals surface area contributed by atoms with Gasteiger partial charge in [0.1, 0.15) is 0 Å². The molecule has 0 amide bonds. The molecular formula is C16H34S2. The average molecular weight is 291 g/mol. The Balaban J connectivity index is 2.86. The first kappa shape index (κ1) is 18.7. The summed E-state index contributed by atoms with van der Waals surface area (Å²) in [5.41, 5.74) is 0. The minimum Gasteiger partial charge on any atom is -0.162 e. The minimum atomic E-state index is 1.29. The predicted molar refractivity (Wildman–Crippen MR) is 92.2 cm³/mol. The van der Waals surface area contributed by atoms with E-state index in [-0.39, 0.29) is 0 Å². The summed E-state index contributed by atoms with van der Waals surface area (Å²) in [6.45, 7) is 4.51. The van der Waals surface area contributed by atoms with Crippen molar-refractivity contribution in [2.45, 2.75) is 78.1 Å². The van der Waals surface area contributed by atoms with E-state index < -0.39 is 0 Å². The molecule has 18 heavy (non-hydrogen) atoms. The molecule has 0 N–H and O–H groups in total. The molecule has 0 fully saturated rings. The van der Waals surface area contributed by atoms with Crippen LogP contribution in [0.15, 0.2) is 0 Å². The van der Waals surface area contributed by atoms with E-state index in [4.69, 9.17) is 0 Å². The van der Waals surface area contributed by atoms with Gasteiger partial charge < -0.3 is 0 Å². The maximum atomic E-state index is 2.26. The van der Waals surface area contributed by atoms with Crippen LogP contribution in [0.4, 0.5) is 0 Å². The van der Waals surface area contributed by atoms with E-state index in [1.807, 2.05) is 0 Å². The van der Waals surface area contributed by atoms with Gasteiger partial charge in [-0.25, -0.2) is 0 Å². The third-order valence-electron chi connectivity index (χ3n) is 3.24. The van der Waals surface area contributed by atoms with Crippen LogP contribution >= 0.6 is 23.5 Å². The zero-order chi connectivity index (χ0) is 13.3. The fourth-order valence-corrected chi connectivity index (χ4v) is 3.50. The van der Waals surface area contributed by atoms with E-state index in [9.17, 15) is 0 Å². The lowest BCUT2D eigenvalue weighted by molar-refractivity contribution is 0.564. The van der Waals surface area contributed by atoms with Crippen molar-refractivity contribution in [1.29, 1.82) is 0 Å². The molecule has 0 atom stereocenters. The Bertz CT molecular complexity index is 121. The van der Waals surface area contributed by atoms with Crippen LogP contribution in [0.3, 0.4) is 0 Å². The molecule has 0 saturated heterocycles. The summed E-state index contributed by atoms with van der Waals surface area (Å²) in [5, 5.41) is 0. The molecular weight excluding hydrogens is 256 g/mol. The first-order valence-electron chi connectivity index (χ1n) is 8.07. The molecule has 0 heterocycles. The van der Waals surface area contributed by atoms with Gasteiger partial charge >= 0.3 is 0 Å². The molecule has 0 unspecified atom stereocenters. The van der Waals surface area contributed by atoms with Gasteiger partial charge in [-0.3, -0.25) is 0 Å². The van der Waals surface area contributed by atoms with Gasteiger partial charge in [-0.2, -0.15) is 23.5 Å². The fourth-order valence-electron chi connectivity index (χ4n) is 2.11. The quantitative estimate of drug-likeness (QED) is 0.320. The second kappa shape index (κ2) is 17.7. The molecule has 0 saturated carbocycles. The lowest BCUT2D eigenvalue weighted by Gasteiger charge is -2.02. The van der Waals surface area contributed by atoms with E-state index in [1.54, 1.807) is 0 Å². The second-order valence-corrected chi connectivity index (χ2v) is 7.72. The molecule has 110 valence electrons. The van der Waals surface area contributed by atoms with Gasteiger partial charge in [0.15, 0.2) is 0 Å². The Kier molecular flexibility index (Phi) is 18.4. The minimum absolute atomic E-state index is 1.29. The van der Waals surface area contributed by atoms with Gasteiger partial charge in [0.25, 0.3) is 0 Å². The summed E-state index contributed by atoms with van der Waals surface area (Å²) in [4.78, 5) is 0. The largest absolute Gasteiger partial charge is 0.162 e. The van der Waals surface area contributed by atoms with Crippen molar-refractivity contribution in [3.05, 3.63) is 0 Å². The van der Waals surface area contributed by atoms with Crippen LogP contribution in [0.1, 0.15) is 78.1 Å².